The van der Waals surface area contributed by atoms with Crippen LogP contribution in [0.15, 0.2) is 17.3 Å². The Balaban J connectivity index is 1.25. The highest BCUT2D eigenvalue weighted by Crippen LogP contribution is 2.44. The Morgan fingerprint density at radius 1 is 0.906 bits per heavy atom. The van der Waals surface area contributed by atoms with Crippen molar-refractivity contribution in [3.05, 3.63) is 34.4 Å². The highest BCUT2D eigenvalue weighted by molar-refractivity contribution is 6.03. The van der Waals surface area contributed by atoms with E-state index in [1.54, 1.807) is 0 Å². The first-order chi connectivity index (χ1) is 15.0. The predicted molar refractivity (Wildman–Crippen MR) is 115 cm³/mol. The van der Waals surface area contributed by atoms with E-state index in [4.69, 9.17) is 33.3 Å². The molecule has 0 N–H and O–H groups in total. The molecule has 5 rings (SSSR count). The number of fused-ring (bicyclic) bond motifs is 3. The van der Waals surface area contributed by atoms with Crippen molar-refractivity contribution >= 4 is 5.71 Å². The van der Waals surface area contributed by atoms with Crippen LogP contribution in [0.3, 0.4) is 0 Å². The molecule has 4 aliphatic heterocycles. The first-order valence-corrected chi connectivity index (χ1v) is 11.3. The topological polar surface area (TPSA) is 77.0 Å². The fraction of sp³-hybridized carbons (Fsp3) is 0.708. The van der Waals surface area contributed by atoms with E-state index in [9.17, 15) is 0 Å². The van der Waals surface area contributed by atoms with Crippen LogP contribution in [0, 0.1) is 20.8 Å². The van der Waals surface area contributed by atoms with Crippen molar-refractivity contribution in [2.45, 2.75) is 103 Å². The summed E-state index contributed by atoms with van der Waals surface area (Å²) in [6.07, 6.45) is -1.79. The molecule has 1 unspecified atom stereocenters. The summed E-state index contributed by atoms with van der Waals surface area (Å²) in [5, 5.41) is 4.31. The van der Waals surface area contributed by atoms with Gasteiger partial charge in [-0.3, -0.25) is 0 Å². The van der Waals surface area contributed by atoms with Gasteiger partial charge in [0.1, 0.15) is 24.4 Å². The molecule has 0 aromatic heterocycles. The molecule has 6 atom stereocenters. The van der Waals surface area contributed by atoms with Crippen LogP contribution in [0.5, 0.6) is 0 Å². The van der Waals surface area contributed by atoms with Crippen LogP contribution in [0.25, 0.3) is 0 Å². The lowest BCUT2D eigenvalue weighted by Gasteiger charge is -2.37. The van der Waals surface area contributed by atoms with Crippen molar-refractivity contribution in [2.24, 2.45) is 5.16 Å². The van der Waals surface area contributed by atoms with Gasteiger partial charge in [0, 0.05) is 5.56 Å². The maximum Gasteiger partial charge on any atom is 0.232 e. The summed E-state index contributed by atoms with van der Waals surface area (Å²) in [7, 11) is 0. The summed E-state index contributed by atoms with van der Waals surface area (Å²) < 4.78 is 36.6. The van der Waals surface area contributed by atoms with Crippen molar-refractivity contribution in [2.75, 3.05) is 6.61 Å². The van der Waals surface area contributed by atoms with Crippen molar-refractivity contribution in [1.82, 2.24) is 0 Å². The number of aryl methyl sites for hydroxylation is 3. The van der Waals surface area contributed by atoms with E-state index in [2.05, 4.69) is 38.1 Å². The molecule has 3 fully saturated rings. The molecule has 3 saturated heterocycles. The van der Waals surface area contributed by atoms with Crippen LogP contribution in [-0.2, 0) is 33.3 Å². The lowest BCUT2D eigenvalue weighted by molar-refractivity contribution is -0.254. The van der Waals surface area contributed by atoms with E-state index in [0.29, 0.717) is 6.42 Å². The minimum absolute atomic E-state index is 0.271. The van der Waals surface area contributed by atoms with Crippen LogP contribution < -0.4 is 0 Å². The van der Waals surface area contributed by atoms with Crippen molar-refractivity contribution in [3.8, 4) is 0 Å². The summed E-state index contributed by atoms with van der Waals surface area (Å²) in [5.41, 5.74) is 5.65. The molecule has 0 saturated carbocycles. The zero-order valence-corrected chi connectivity index (χ0v) is 19.8. The standard InChI is InChI=1S/C24H33NO7/c1-12-8-13(2)18(14(3)9-12)15-10-17(32-25-15)26-11-16-19-20(29-23(4,5)28-19)21-22(27-16)31-24(6,7)30-21/h8-9,16-17,19-22H,10-11H2,1-7H3/t16-,17-,19+,20?,21-,22-/m1/s1. The molecule has 1 aromatic rings. The zero-order chi connectivity index (χ0) is 22.8. The van der Waals surface area contributed by atoms with Gasteiger partial charge in [0.25, 0.3) is 0 Å². The van der Waals surface area contributed by atoms with Gasteiger partial charge in [-0.15, -0.1) is 0 Å². The molecule has 1 aromatic carbocycles. The summed E-state index contributed by atoms with van der Waals surface area (Å²) in [6, 6.07) is 4.33. The summed E-state index contributed by atoms with van der Waals surface area (Å²) >= 11 is 0. The van der Waals surface area contributed by atoms with Gasteiger partial charge in [-0.05, 0) is 59.6 Å². The second-order valence-corrected chi connectivity index (χ2v) is 10.1. The van der Waals surface area contributed by atoms with Crippen LogP contribution >= 0.6 is 0 Å². The second kappa shape index (κ2) is 7.75. The Morgan fingerprint density at radius 3 is 2.25 bits per heavy atom. The number of ether oxygens (including phenoxy) is 6. The zero-order valence-electron chi connectivity index (χ0n) is 19.8. The molecule has 0 radical (unpaired) electrons. The summed E-state index contributed by atoms with van der Waals surface area (Å²) in [5.74, 6) is -1.48. The average molecular weight is 448 g/mol. The van der Waals surface area contributed by atoms with Gasteiger partial charge in [0.15, 0.2) is 17.9 Å². The number of rotatable bonds is 4. The Hall–Kier alpha value is -1.55. The van der Waals surface area contributed by atoms with Gasteiger partial charge in [-0.25, -0.2) is 0 Å². The molecule has 4 heterocycles. The van der Waals surface area contributed by atoms with Crippen LogP contribution in [0.1, 0.15) is 56.4 Å². The SMILES string of the molecule is Cc1cc(C)c(C2=NO[C@@H](OC[C@H]3O[C@@H]4OC(C)(C)O[C@@H]4C4OC(C)(C)O[C@H]43)C2)c(C)c1. The fourth-order valence-electron chi connectivity index (χ4n) is 5.26. The molecule has 0 spiro atoms. The van der Waals surface area contributed by atoms with Gasteiger partial charge in [0.2, 0.25) is 6.29 Å². The van der Waals surface area contributed by atoms with Crippen molar-refractivity contribution in [3.63, 3.8) is 0 Å². The van der Waals surface area contributed by atoms with E-state index >= 15 is 0 Å². The van der Waals surface area contributed by atoms with E-state index in [1.165, 1.54) is 16.7 Å². The summed E-state index contributed by atoms with van der Waals surface area (Å²) in [6.45, 7) is 14.1. The average Bonchev–Trinajstić information content (AvgIpc) is 3.33. The molecule has 8 nitrogen and oxygen atoms in total. The van der Waals surface area contributed by atoms with E-state index in [0.717, 1.165) is 11.3 Å². The normalized spacial score (nSPS) is 37.0. The molecule has 0 amide bonds. The molecule has 4 aliphatic rings. The fourth-order valence-corrected chi connectivity index (χ4v) is 5.26. The lowest BCUT2D eigenvalue weighted by Crippen LogP contribution is -2.56. The van der Waals surface area contributed by atoms with Crippen LogP contribution in [-0.4, -0.2) is 60.9 Å². The lowest BCUT2D eigenvalue weighted by atomic mass is 9.95. The molecule has 0 bridgehead atoms. The molecule has 176 valence electrons. The highest BCUT2D eigenvalue weighted by Gasteiger charge is 2.60. The van der Waals surface area contributed by atoms with E-state index in [-0.39, 0.29) is 31.0 Å². The third-order valence-electron chi connectivity index (χ3n) is 6.30. The Bertz CT molecular complexity index is 904. The number of hydrogen-bond acceptors (Lipinski definition) is 8. The maximum absolute atomic E-state index is 6.21. The number of oxime groups is 1. The molecular formula is C24H33NO7. The Morgan fingerprint density at radius 2 is 1.53 bits per heavy atom. The molecule has 0 aliphatic carbocycles. The van der Waals surface area contributed by atoms with Gasteiger partial charge in [0.05, 0.1) is 18.7 Å². The van der Waals surface area contributed by atoms with E-state index in [1.807, 2.05) is 27.7 Å². The molecular weight excluding hydrogens is 414 g/mol. The number of nitrogens with zero attached hydrogens (tertiary/aromatic N) is 1. The number of hydrogen-bond donors (Lipinski definition) is 0. The molecule has 8 heteroatoms. The monoisotopic (exact) mass is 447 g/mol. The highest BCUT2D eigenvalue weighted by atomic mass is 16.9. The maximum atomic E-state index is 6.21. The number of benzene rings is 1. The predicted octanol–water partition coefficient (Wildman–Crippen LogP) is 3.48. The van der Waals surface area contributed by atoms with Crippen LogP contribution in [0.2, 0.25) is 0 Å². The van der Waals surface area contributed by atoms with Gasteiger partial charge < -0.3 is 33.3 Å². The van der Waals surface area contributed by atoms with Gasteiger partial charge >= 0.3 is 0 Å². The first-order valence-electron chi connectivity index (χ1n) is 11.3. The Kier molecular flexibility index (Phi) is 5.39. The van der Waals surface area contributed by atoms with E-state index < -0.39 is 24.2 Å². The summed E-state index contributed by atoms with van der Waals surface area (Å²) in [4.78, 5) is 5.61. The minimum Gasteiger partial charge on any atom is -0.363 e. The quantitative estimate of drug-likeness (QED) is 0.699. The molecule has 32 heavy (non-hydrogen) atoms. The van der Waals surface area contributed by atoms with Gasteiger partial charge in [-0.2, -0.15) is 0 Å². The second-order valence-electron chi connectivity index (χ2n) is 10.1. The minimum atomic E-state index is -0.743. The van der Waals surface area contributed by atoms with Gasteiger partial charge in [-0.1, -0.05) is 22.9 Å². The third kappa shape index (κ3) is 4.08. The smallest absolute Gasteiger partial charge is 0.232 e. The largest absolute Gasteiger partial charge is 0.363 e. The van der Waals surface area contributed by atoms with Crippen LogP contribution in [0.4, 0.5) is 0 Å². The third-order valence-corrected chi connectivity index (χ3v) is 6.30. The Labute approximate surface area is 189 Å². The first kappa shape index (κ1) is 22.3. The van der Waals surface area contributed by atoms with Crippen molar-refractivity contribution in [1.29, 1.82) is 0 Å². The van der Waals surface area contributed by atoms with Crippen molar-refractivity contribution < 1.29 is 33.3 Å².